The monoisotopic (exact) mass is 275 g/mol. The average Bonchev–Trinajstić information content (AvgIpc) is 2.37. The lowest BCUT2D eigenvalue weighted by Crippen LogP contribution is -1.96. The third-order valence-corrected chi connectivity index (χ3v) is 3.37. The van der Waals surface area contributed by atoms with E-state index in [-0.39, 0.29) is 0 Å². The Morgan fingerprint density at radius 2 is 1.95 bits per heavy atom. The van der Waals surface area contributed by atoms with E-state index in [2.05, 4.69) is 22.1 Å². The standard InChI is InChI=1S/C14H17N3OS/c1-3-18-12-6-4-11(5-7-12)9-19-14-16-10(2)8-13(15)17-14/h4-8H,3,9H2,1-2H3,(H2,15,16,17). The molecule has 0 saturated heterocycles. The van der Waals surface area contributed by atoms with Crippen LogP contribution in [-0.4, -0.2) is 16.6 Å². The van der Waals surface area contributed by atoms with E-state index in [4.69, 9.17) is 10.5 Å². The first-order chi connectivity index (χ1) is 9.17. The summed E-state index contributed by atoms with van der Waals surface area (Å²) in [6.45, 7) is 4.58. The third-order valence-electron chi connectivity index (χ3n) is 2.46. The Labute approximate surface area is 117 Å². The van der Waals surface area contributed by atoms with Gasteiger partial charge < -0.3 is 10.5 Å². The lowest BCUT2D eigenvalue weighted by atomic mass is 10.2. The third kappa shape index (κ3) is 4.13. The van der Waals surface area contributed by atoms with Crippen molar-refractivity contribution in [2.45, 2.75) is 24.8 Å². The number of anilines is 1. The number of hydrogen-bond donors (Lipinski definition) is 1. The first-order valence-electron chi connectivity index (χ1n) is 6.13. The second-order valence-electron chi connectivity index (χ2n) is 4.08. The summed E-state index contributed by atoms with van der Waals surface area (Å²) in [5.74, 6) is 2.23. The van der Waals surface area contributed by atoms with Crippen molar-refractivity contribution in [3.05, 3.63) is 41.6 Å². The minimum atomic E-state index is 0.515. The molecule has 0 aliphatic carbocycles. The van der Waals surface area contributed by atoms with Gasteiger partial charge in [0.2, 0.25) is 0 Å². The molecule has 2 N–H and O–H groups in total. The van der Waals surface area contributed by atoms with Crippen LogP contribution in [0.25, 0.3) is 0 Å². The summed E-state index contributed by atoms with van der Waals surface area (Å²) in [5.41, 5.74) is 7.80. The summed E-state index contributed by atoms with van der Waals surface area (Å²) in [4.78, 5) is 8.54. The van der Waals surface area contributed by atoms with Gasteiger partial charge in [0.1, 0.15) is 11.6 Å². The van der Waals surface area contributed by atoms with E-state index in [9.17, 15) is 0 Å². The average molecular weight is 275 g/mol. The number of hydrogen-bond acceptors (Lipinski definition) is 5. The molecule has 0 aliphatic rings. The van der Waals surface area contributed by atoms with Crippen molar-refractivity contribution in [1.29, 1.82) is 0 Å². The lowest BCUT2D eigenvalue weighted by molar-refractivity contribution is 0.340. The van der Waals surface area contributed by atoms with Crippen LogP contribution in [0.3, 0.4) is 0 Å². The van der Waals surface area contributed by atoms with Crippen LogP contribution in [0.1, 0.15) is 18.2 Å². The Balaban J connectivity index is 1.98. The number of aryl methyl sites for hydroxylation is 1. The van der Waals surface area contributed by atoms with Crippen LogP contribution in [0.4, 0.5) is 5.82 Å². The number of nitrogens with two attached hydrogens (primary N) is 1. The second-order valence-corrected chi connectivity index (χ2v) is 5.02. The Kier molecular flexibility index (Phi) is 4.63. The van der Waals surface area contributed by atoms with Gasteiger partial charge in [-0.2, -0.15) is 0 Å². The number of aromatic nitrogens is 2. The van der Waals surface area contributed by atoms with Crippen LogP contribution in [0.2, 0.25) is 0 Å². The fourth-order valence-corrected chi connectivity index (χ4v) is 2.49. The summed E-state index contributed by atoms with van der Waals surface area (Å²) in [5, 5.41) is 0.714. The Bertz CT molecular complexity index is 523. The molecule has 19 heavy (non-hydrogen) atoms. The maximum atomic E-state index is 5.70. The van der Waals surface area contributed by atoms with E-state index in [1.165, 1.54) is 5.56 Å². The van der Waals surface area contributed by atoms with E-state index in [1.807, 2.05) is 26.0 Å². The fraction of sp³-hybridized carbons (Fsp3) is 0.286. The lowest BCUT2D eigenvalue weighted by Gasteiger charge is -2.05. The smallest absolute Gasteiger partial charge is 0.190 e. The zero-order valence-corrected chi connectivity index (χ0v) is 11.9. The van der Waals surface area contributed by atoms with Gasteiger partial charge in [0.05, 0.1) is 6.61 Å². The van der Waals surface area contributed by atoms with Gasteiger partial charge in [0.25, 0.3) is 0 Å². The molecule has 2 rings (SSSR count). The Hall–Kier alpha value is -1.75. The molecule has 0 unspecified atom stereocenters. The van der Waals surface area contributed by atoms with Crippen molar-refractivity contribution in [3.63, 3.8) is 0 Å². The highest BCUT2D eigenvalue weighted by Crippen LogP contribution is 2.22. The van der Waals surface area contributed by atoms with Crippen molar-refractivity contribution in [2.75, 3.05) is 12.3 Å². The number of rotatable bonds is 5. The van der Waals surface area contributed by atoms with Crippen molar-refractivity contribution in [3.8, 4) is 5.75 Å². The van der Waals surface area contributed by atoms with Crippen LogP contribution in [0.15, 0.2) is 35.5 Å². The molecule has 0 bridgehead atoms. The molecule has 0 fully saturated rings. The Morgan fingerprint density at radius 1 is 1.21 bits per heavy atom. The predicted molar refractivity (Wildman–Crippen MR) is 78.4 cm³/mol. The highest BCUT2D eigenvalue weighted by Gasteiger charge is 2.02. The number of thioether (sulfide) groups is 1. The fourth-order valence-electron chi connectivity index (χ4n) is 1.63. The highest BCUT2D eigenvalue weighted by atomic mass is 32.2. The predicted octanol–water partition coefficient (Wildman–Crippen LogP) is 3.06. The van der Waals surface area contributed by atoms with Gasteiger partial charge in [0, 0.05) is 17.5 Å². The maximum Gasteiger partial charge on any atom is 0.190 e. The molecule has 1 aromatic heterocycles. The summed E-state index contributed by atoms with van der Waals surface area (Å²) >= 11 is 1.58. The molecule has 0 aliphatic heterocycles. The van der Waals surface area contributed by atoms with E-state index < -0.39 is 0 Å². The minimum Gasteiger partial charge on any atom is -0.494 e. The molecule has 100 valence electrons. The minimum absolute atomic E-state index is 0.515. The number of benzene rings is 1. The maximum absolute atomic E-state index is 5.70. The van der Waals surface area contributed by atoms with Gasteiger partial charge in [-0.15, -0.1) is 0 Å². The molecule has 0 radical (unpaired) electrons. The van der Waals surface area contributed by atoms with Crippen molar-refractivity contribution >= 4 is 17.6 Å². The molecule has 0 spiro atoms. The van der Waals surface area contributed by atoms with Crippen LogP contribution in [-0.2, 0) is 5.75 Å². The highest BCUT2D eigenvalue weighted by molar-refractivity contribution is 7.98. The van der Waals surface area contributed by atoms with E-state index in [0.717, 1.165) is 17.2 Å². The topological polar surface area (TPSA) is 61.0 Å². The van der Waals surface area contributed by atoms with Gasteiger partial charge in [-0.3, -0.25) is 0 Å². The first kappa shape index (κ1) is 13.7. The zero-order valence-electron chi connectivity index (χ0n) is 11.1. The second kappa shape index (κ2) is 6.43. The number of nitrogens with zero attached hydrogens (tertiary/aromatic N) is 2. The molecular weight excluding hydrogens is 258 g/mol. The quantitative estimate of drug-likeness (QED) is 0.671. The summed E-state index contributed by atoms with van der Waals surface area (Å²) in [7, 11) is 0. The van der Waals surface area contributed by atoms with Crippen LogP contribution < -0.4 is 10.5 Å². The molecule has 0 amide bonds. The van der Waals surface area contributed by atoms with E-state index in [1.54, 1.807) is 17.8 Å². The van der Waals surface area contributed by atoms with Crippen molar-refractivity contribution in [2.24, 2.45) is 0 Å². The summed E-state index contributed by atoms with van der Waals surface area (Å²) < 4.78 is 5.41. The largest absolute Gasteiger partial charge is 0.494 e. The normalized spacial score (nSPS) is 10.4. The molecule has 0 atom stereocenters. The molecule has 5 heteroatoms. The molecule has 1 aromatic carbocycles. The molecular formula is C14H17N3OS. The van der Waals surface area contributed by atoms with Gasteiger partial charge in [-0.25, -0.2) is 9.97 Å². The number of ether oxygens (including phenoxy) is 1. The van der Waals surface area contributed by atoms with Gasteiger partial charge in [0.15, 0.2) is 5.16 Å². The molecule has 2 aromatic rings. The molecule has 4 nitrogen and oxygen atoms in total. The summed E-state index contributed by atoms with van der Waals surface area (Å²) in [6.07, 6.45) is 0. The zero-order chi connectivity index (χ0) is 13.7. The van der Waals surface area contributed by atoms with Gasteiger partial charge >= 0.3 is 0 Å². The first-order valence-corrected chi connectivity index (χ1v) is 7.11. The molecule has 1 heterocycles. The van der Waals surface area contributed by atoms with E-state index in [0.29, 0.717) is 17.6 Å². The summed E-state index contributed by atoms with van der Waals surface area (Å²) in [6, 6.07) is 9.82. The van der Waals surface area contributed by atoms with Crippen LogP contribution in [0, 0.1) is 6.92 Å². The van der Waals surface area contributed by atoms with Gasteiger partial charge in [-0.05, 0) is 31.5 Å². The Morgan fingerprint density at radius 3 is 2.58 bits per heavy atom. The van der Waals surface area contributed by atoms with Gasteiger partial charge in [-0.1, -0.05) is 23.9 Å². The SMILES string of the molecule is CCOc1ccc(CSc2nc(C)cc(N)n2)cc1. The van der Waals surface area contributed by atoms with Crippen LogP contribution in [0.5, 0.6) is 5.75 Å². The molecule has 0 saturated carbocycles. The van der Waals surface area contributed by atoms with Crippen molar-refractivity contribution < 1.29 is 4.74 Å². The number of nitrogen functional groups attached to an aromatic ring is 1. The van der Waals surface area contributed by atoms with E-state index >= 15 is 0 Å². The van der Waals surface area contributed by atoms with Crippen LogP contribution >= 0.6 is 11.8 Å². The van der Waals surface area contributed by atoms with Crippen molar-refractivity contribution in [1.82, 2.24) is 9.97 Å².